The molecule has 0 bridgehead atoms. The molecule has 0 saturated carbocycles. The highest BCUT2D eigenvalue weighted by molar-refractivity contribution is 6.23. The van der Waals surface area contributed by atoms with Crippen LogP contribution in [0.15, 0.2) is 78.9 Å². The van der Waals surface area contributed by atoms with Crippen LogP contribution < -0.4 is 14.7 Å². The number of fused-ring (bicyclic) bond motifs is 1. The van der Waals surface area contributed by atoms with E-state index in [1.54, 1.807) is 53.6 Å². The number of amides is 2. The van der Waals surface area contributed by atoms with Gasteiger partial charge >= 0.3 is 0 Å². The quantitative estimate of drug-likeness (QED) is 0.411. The lowest BCUT2D eigenvalue weighted by Gasteiger charge is -2.28. The molecule has 2 aliphatic rings. The number of aromatic hydroxyl groups is 1. The van der Waals surface area contributed by atoms with Crippen molar-refractivity contribution < 1.29 is 24.3 Å². The molecule has 1 N–H and O–H groups in total. The summed E-state index contributed by atoms with van der Waals surface area (Å²) in [5.74, 6) is -0.604. The third-order valence-corrected chi connectivity index (χ3v) is 6.22. The number of unbranched alkanes of at least 4 members (excludes halogenated alkanes) is 1. The van der Waals surface area contributed by atoms with Crippen LogP contribution in [0.3, 0.4) is 0 Å². The number of benzene rings is 3. The van der Waals surface area contributed by atoms with Gasteiger partial charge in [0.05, 0.1) is 24.0 Å². The minimum atomic E-state index is -0.938. The molecule has 2 fully saturated rings. The summed E-state index contributed by atoms with van der Waals surface area (Å²) in [5, 5.41) is 11.4. The monoisotopic (exact) mass is 458 g/mol. The van der Waals surface area contributed by atoms with E-state index >= 15 is 0 Å². The number of carbonyl (C=O) groups excluding carboxylic acids is 2. The van der Waals surface area contributed by atoms with Crippen LogP contribution in [0.2, 0.25) is 0 Å². The van der Waals surface area contributed by atoms with Gasteiger partial charge in [0.25, 0.3) is 5.91 Å². The second-order valence-corrected chi connectivity index (χ2v) is 8.46. The van der Waals surface area contributed by atoms with Crippen LogP contribution in [0.5, 0.6) is 11.5 Å². The average molecular weight is 459 g/mol. The lowest BCUT2D eigenvalue weighted by atomic mass is 9.90. The maximum atomic E-state index is 13.6. The Hall–Kier alpha value is -3.84. The number of phenolic OH excluding ortho intramolecular Hbond substituents is 1. The van der Waals surface area contributed by atoms with E-state index in [9.17, 15) is 14.7 Å². The molecular weight excluding hydrogens is 432 g/mol. The molecule has 2 aliphatic heterocycles. The smallest absolute Gasteiger partial charge is 0.266 e. The number of hydrogen-bond acceptors (Lipinski definition) is 6. The van der Waals surface area contributed by atoms with Gasteiger partial charge in [-0.1, -0.05) is 43.7 Å². The highest BCUT2D eigenvalue weighted by Gasteiger charge is 2.60. The molecule has 34 heavy (non-hydrogen) atoms. The van der Waals surface area contributed by atoms with Crippen molar-refractivity contribution in [1.29, 1.82) is 0 Å². The molecule has 2 amide bonds. The SMILES string of the molecule is CCCCOc1ccc(N2C(=O)[C@@H]3[C@@H](c4ccc(O)cc4)N(c4ccccc4)O[C@H]3C2=O)cc1. The van der Waals surface area contributed by atoms with E-state index in [0.717, 1.165) is 24.1 Å². The van der Waals surface area contributed by atoms with Crippen molar-refractivity contribution in [2.24, 2.45) is 5.92 Å². The van der Waals surface area contributed by atoms with Gasteiger partial charge < -0.3 is 9.84 Å². The summed E-state index contributed by atoms with van der Waals surface area (Å²) in [5.41, 5.74) is 2.01. The van der Waals surface area contributed by atoms with Crippen LogP contribution in [0.25, 0.3) is 0 Å². The first-order valence-electron chi connectivity index (χ1n) is 11.5. The van der Waals surface area contributed by atoms with E-state index in [2.05, 4.69) is 6.92 Å². The number of anilines is 2. The van der Waals surface area contributed by atoms with E-state index in [-0.39, 0.29) is 11.7 Å². The van der Waals surface area contributed by atoms with Gasteiger partial charge in [0, 0.05) is 0 Å². The Morgan fingerprint density at radius 2 is 1.59 bits per heavy atom. The zero-order valence-electron chi connectivity index (χ0n) is 18.8. The molecule has 0 unspecified atom stereocenters. The molecule has 0 spiro atoms. The second kappa shape index (κ2) is 9.19. The van der Waals surface area contributed by atoms with Crippen molar-refractivity contribution in [3.63, 3.8) is 0 Å². The molecule has 7 heteroatoms. The summed E-state index contributed by atoms with van der Waals surface area (Å²) < 4.78 is 5.70. The summed E-state index contributed by atoms with van der Waals surface area (Å²) in [4.78, 5) is 34.4. The first-order valence-corrected chi connectivity index (χ1v) is 11.5. The van der Waals surface area contributed by atoms with E-state index < -0.39 is 24.0 Å². The molecule has 2 saturated heterocycles. The largest absolute Gasteiger partial charge is 0.508 e. The Balaban J connectivity index is 1.46. The summed E-state index contributed by atoms with van der Waals surface area (Å²) in [7, 11) is 0. The Kier molecular flexibility index (Phi) is 5.94. The van der Waals surface area contributed by atoms with Crippen molar-refractivity contribution in [1.82, 2.24) is 0 Å². The van der Waals surface area contributed by atoms with Gasteiger partial charge in [0.1, 0.15) is 17.4 Å². The molecular formula is C27H26N2O5. The van der Waals surface area contributed by atoms with Crippen molar-refractivity contribution >= 4 is 23.2 Å². The van der Waals surface area contributed by atoms with Crippen LogP contribution in [-0.4, -0.2) is 29.6 Å². The highest BCUT2D eigenvalue weighted by atomic mass is 16.7. The lowest BCUT2D eigenvalue weighted by molar-refractivity contribution is -0.126. The topological polar surface area (TPSA) is 79.3 Å². The molecule has 2 heterocycles. The minimum absolute atomic E-state index is 0.127. The molecule has 3 aromatic rings. The molecule has 7 nitrogen and oxygen atoms in total. The number of hydroxylamine groups is 1. The molecule has 0 radical (unpaired) electrons. The van der Waals surface area contributed by atoms with Gasteiger partial charge in [0.15, 0.2) is 6.10 Å². The zero-order chi connectivity index (χ0) is 23.7. The summed E-state index contributed by atoms with van der Waals surface area (Å²) in [6.45, 7) is 2.72. The number of carbonyl (C=O) groups is 2. The fourth-order valence-corrected chi connectivity index (χ4v) is 4.50. The standard InChI is InChI=1S/C27H26N2O5/c1-2-3-17-33-22-15-11-19(12-16-22)28-26(31)23-24(18-9-13-21(30)14-10-18)29(34-25(23)27(28)32)20-7-5-4-6-8-20/h4-16,23-25,30H,2-3,17H2,1H3/t23-,24-,25-/m1/s1. The maximum absolute atomic E-state index is 13.6. The Bertz CT molecular complexity index is 1160. The first kappa shape index (κ1) is 22.0. The molecule has 3 aromatic carbocycles. The highest BCUT2D eigenvalue weighted by Crippen LogP contribution is 2.47. The van der Waals surface area contributed by atoms with E-state index in [1.807, 2.05) is 30.3 Å². The van der Waals surface area contributed by atoms with Gasteiger partial charge in [-0.25, -0.2) is 9.96 Å². The summed E-state index contributed by atoms with van der Waals surface area (Å²) in [6, 6.07) is 22.5. The number of imide groups is 1. The Morgan fingerprint density at radius 1 is 0.882 bits per heavy atom. The summed E-state index contributed by atoms with van der Waals surface area (Å²) >= 11 is 0. The Morgan fingerprint density at radius 3 is 2.26 bits per heavy atom. The van der Waals surface area contributed by atoms with Gasteiger partial charge in [-0.3, -0.25) is 14.4 Å². The predicted octanol–water partition coefficient (Wildman–Crippen LogP) is 4.62. The molecule has 0 aromatic heterocycles. The number of phenols is 1. The van der Waals surface area contributed by atoms with Gasteiger partial charge in [-0.05, 0) is 60.5 Å². The molecule has 174 valence electrons. The van der Waals surface area contributed by atoms with Gasteiger partial charge in [-0.15, -0.1) is 0 Å². The fraction of sp³-hybridized carbons (Fsp3) is 0.259. The normalized spacial score (nSPS) is 21.7. The van der Waals surface area contributed by atoms with Crippen molar-refractivity contribution in [3.05, 3.63) is 84.4 Å². The van der Waals surface area contributed by atoms with Crippen LogP contribution >= 0.6 is 0 Å². The van der Waals surface area contributed by atoms with Crippen LogP contribution in [-0.2, 0) is 14.4 Å². The van der Waals surface area contributed by atoms with Crippen molar-refractivity contribution in [2.45, 2.75) is 31.9 Å². The third-order valence-electron chi connectivity index (χ3n) is 6.22. The van der Waals surface area contributed by atoms with E-state index in [1.165, 1.54) is 4.90 Å². The minimum Gasteiger partial charge on any atom is -0.508 e. The van der Waals surface area contributed by atoms with Gasteiger partial charge in [-0.2, -0.15) is 0 Å². The maximum Gasteiger partial charge on any atom is 0.266 e. The third kappa shape index (κ3) is 3.88. The number of rotatable bonds is 7. The van der Waals surface area contributed by atoms with Crippen LogP contribution in [0.1, 0.15) is 31.4 Å². The molecule has 5 rings (SSSR count). The lowest BCUT2D eigenvalue weighted by Crippen LogP contribution is -2.37. The van der Waals surface area contributed by atoms with Crippen LogP contribution in [0.4, 0.5) is 11.4 Å². The van der Waals surface area contributed by atoms with Crippen molar-refractivity contribution in [3.8, 4) is 11.5 Å². The number of para-hydroxylation sites is 1. The van der Waals surface area contributed by atoms with Gasteiger partial charge in [0.2, 0.25) is 5.91 Å². The number of nitrogens with zero attached hydrogens (tertiary/aromatic N) is 2. The Labute approximate surface area is 198 Å². The predicted molar refractivity (Wildman–Crippen MR) is 127 cm³/mol. The fourth-order valence-electron chi connectivity index (χ4n) is 4.50. The molecule has 0 aliphatic carbocycles. The van der Waals surface area contributed by atoms with Crippen molar-refractivity contribution in [2.75, 3.05) is 16.6 Å². The average Bonchev–Trinajstić information content (AvgIpc) is 3.37. The molecule has 3 atom stereocenters. The number of ether oxygens (including phenoxy) is 1. The second-order valence-electron chi connectivity index (χ2n) is 8.46. The first-order chi connectivity index (χ1) is 16.6. The zero-order valence-corrected chi connectivity index (χ0v) is 18.8. The van der Waals surface area contributed by atoms with E-state index in [4.69, 9.17) is 9.57 Å². The summed E-state index contributed by atoms with van der Waals surface area (Å²) in [6.07, 6.45) is 1.06. The van der Waals surface area contributed by atoms with Crippen LogP contribution in [0, 0.1) is 5.92 Å². The number of hydrogen-bond donors (Lipinski definition) is 1. The van der Waals surface area contributed by atoms with E-state index in [0.29, 0.717) is 18.0 Å².